The second-order valence-electron chi connectivity index (χ2n) is 7.50. The van der Waals surface area contributed by atoms with Crippen LogP contribution in [0.3, 0.4) is 0 Å². The second kappa shape index (κ2) is 5.93. The number of rotatable bonds is 4. The molecule has 1 fully saturated rings. The molecule has 0 amide bonds. The van der Waals surface area contributed by atoms with Crippen molar-refractivity contribution in [1.29, 1.82) is 0 Å². The summed E-state index contributed by atoms with van der Waals surface area (Å²) in [6.45, 7) is 15.5. The van der Waals surface area contributed by atoms with Crippen LogP contribution in [0.2, 0.25) is 0 Å². The molecule has 0 aliphatic carbocycles. The predicted octanol–water partition coefficient (Wildman–Crippen LogP) is 2.97. The summed E-state index contributed by atoms with van der Waals surface area (Å²) in [5, 5.41) is 3.48. The number of hydrogen-bond donors (Lipinski definition) is 1. The molecule has 1 aromatic heterocycles. The van der Waals surface area contributed by atoms with Crippen molar-refractivity contribution in [3.63, 3.8) is 0 Å². The fourth-order valence-electron chi connectivity index (χ4n) is 3.10. The van der Waals surface area contributed by atoms with Crippen molar-refractivity contribution in [1.82, 2.24) is 10.3 Å². The van der Waals surface area contributed by atoms with Crippen molar-refractivity contribution >= 4 is 5.82 Å². The molecule has 0 bridgehead atoms. The molecular weight excluding hydrogens is 262 g/mol. The van der Waals surface area contributed by atoms with E-state index < -0.39 is 0 Å². The highest BCUT2D eigenvalue weighted by Gasteiger charge is 2.39. The van der Waals surface area contributed by atoms with Crippen LogP contribution in [0, 0.1) is 0 Å². The normalized spacial score (nSPS) is 20.8. The molecule has 2 rings (SSSR count). The smallest absolute Gasteiger partial charge is 0.133 e. The lowest BCUT2D eigenvalue weighted by atomic mass is 9.98. The lowest BCUT2D eigenvalue weighted by Crippen LogP contribution is -2.57. The fraction of sp³-hybridized carbons (Fsp3) is 0.706. The van der Waals surface area contributed by atoms with Crippen molar-refractivity contribution in [3.8, 4) is 0 Å². The lowest BCUT2D eigenvalue weighted by Gasteiger charge is -2.48. The summed E-state index contributed by atoms with van der Waals surface area (Å²) in [5.41, 5.74) is 0.920. The van der Waals surface area contributed by atoms with E-state index in [0.717, 1.165) is 25.5 Å². The van der Waals surface area contributed by atoms with Crippen LogP contribution in [-0.2, 0) is 11.3 Å². The summed E-state index contributed by atoms with van der Waals surface area (Å²) >= 11 is 0. The number of aromatic nitrogens is 1. The first-order valence-corrected chi connectivity index (χ1v) is 7.81. The highest BCUT2D eigenvalue weighted by molar-refractivity contribution is 5.48. The Morgan fingerprint density at radius 1 is 1.24 bits per heavy atom. The summed E-state index contributed by atoms with van der Waals surface area (Å²) in [6.07, 6.45) is 1.88. The monoisotopic (exact) mass is 291 g/mol. The van der Waals surface area contributed by atoms with Crippen LogP contribution < -0.4 is 10.2 Å². The third-order valence-corrected chi connectivity index (χ3v) is 3.56. The average Bonchev–Trinajstić information content (AvgIpc) is 2.33. The molecule has 4 nitrogen and oxygen atoms in total. The number of hydrogen-bond acceptors (Lipinski definition) is 4. The van der Waals surface area contributed by atoms with Crippen LogP contribution in [0.25, 0.3) is 0 Å². The Balaban J connectivity index is 2.24. The molecule has 4 heteroatoms. The van der Waals surface area contributed by atoms with Crippen LogP contribution in [0.5, 0.6) is 0 Å². The number of nitrogens with zero attached hydrogens (tertiary/aromatic N) is 2. The molecule has 1 N–H and O–H groups in total. The highest BCUT2D eigenvalue weighted by atomic mass is 16.5. The van der Waals surface area contributed by atoms with Gasteiger partial charge in [0.1, 0.15) is 5.82 Å². The Hall–Kier alpha value is -1.13. The van der Waals surface area contributed by atoms with Crippen molar-refractivity contribution in [2.75, 3.05) is 18.0 Å². The predicted molar refractivity (Wildman–Crippen MR) is 87.7 cm³/mol. The van der Waals surface area contributed by atoms with Crippen LogP contribution in [0.4, 0.5) is 5.82 Å². The van der Waals surface area contributed by atoms with E-state index in [2.05, 4.69) is 62.8 Å². The molecule has 0 radical (unpaired) electrons. The van der Waals surface area contributed by atoms with E-state index in [9.17, 15) is 0 Å². The Morgan fingerprint density at radius 3 is 2.43 bits per heavy atom. The van der Waals surface area contributed by atoms with Gasteiger partial charge in [-0.1, -0.05) is 19.9 Å². The molecule has 21 heavy (non-hydrogen) atoms. The van der Waals surface area contributed by atoms with Gasteiger partial charge in [0.05, 0.1) is 11.2 Å². The number of morpholine rings is 1. The number of pyridine rings is 1. The van der Waals surface area contributed by atoms with E-state index >= 15 is 0 Å². The van der Waals surface area contributed by atoms with E-state index in [1.807, 2.05) is 12.3 Å². The standard InChI is InChI=1S/C17H29N3O/c1-13(2)19-10-14-8-7-9-18-15(14)20-11-16(3,4)21-17(5,6)12-20/h7-9,13,19H,10-12H2,1-6H3. The summed E-state index contributed by atoms with van der Waals surface area (Å²) in [5.74, 6) is 1.08. The Morgan fingerprint density at radius 2 is 1.86 bits per heavy atom. The molecule has 0 unspecified atom stereocenters. The molecule has 1 aromatic rings. The van der Waals surface area contributed by atoms with Crippen LogP contribution in [0.1, 0.15) is 47.1 Å². The van der Waals surface area contributed by atoms with Gasteiger partial charge in [-0.3, -0.25) is 0 Å². The third-order valence-electron chi connectivity index (χ3n) is 3.56. The van der Waals surface area contributed by atoms with Crippen molar-refractivity contribution in [3.05, 3.63) is 23.9 Å². The minimum Gasteiger partial charge on any atom is -0.366 e. The van der Waals surface area contributed by atoms with Gasteiger partial charge < -0.3 is 15.0 Å². The van der Waals surface area contributed by atoms with E-state index in [4.69, 9.17) is 4.74 Å². The molecule has 0 saturated carbocycles. The summed E-state index contributed by atoms with van der Waals surface area (Å²) < 4.78 is 6.17. The van der Waals surface area contributed by atoms with E-state index in [-0.39, 0.29) is 11.2 Å². The molecule has 0 aromatic carbocycles. The SMILES string of the molecule is CC(C)NCc1cccnc1N1CC(C)(C)OC(C)(C)C1. The van der Waals surface area contributed by atoms with Crippen molar-refractivity contribution in [2.45, 2.75) is 65.3 Å². The molecule has 0 spiro atoms. The minimum atomic E-state index is -0.165. The van der Waals surface area contributed by atoms with Gasteiger partial charge in [-0.05, 0) is 33.8 Å². The van der Waals surface area contributed by atoms with E-state index in [0.29, 0.717) is 6.04 Å². The fourth-order valence-corrected chi connectivity index (χ4v) is 3.10. The zero-order valence-corrected chi connectivity index (χ0v) is 14.2. The summed E-state index contributed by atoms with van der Waals surface area (Å²) in [6, 6.07) is 4.64. The van der Waals surface area contributed by atoms with E-state index in [1.165, 1.54) is 5.56 Å². The highest BCUT2D eigenvalue weighted by Crippen LogP contribution is 2.31. The van der Waals surface area contributed by atoms with Gasteiger partial charge in [0.15, 0.2) is 0 Å². The van der Waals surface area contributed by atoms with Gasteiger partial charge in [0.25, 0.3) is 0 Å². The van der Waals surface area contributed by atoms with Gasteiger partial charge in [-0.25, -0.2) is 4.98 Å². The average molecular weight is 291 g/mol. The molecule has 1 aliphatic heterocycles. The number of ether oxygens (including phenoxy) is 1. The quantitative estimate of drug-likeness (QED) is 0.925. The van der Waals surface area contributed by atoms with Gasteiger partial charge >= 0.3 is 0 Å². The zero-order valence-electron chi connectivity index (χ0n) is 14.2. The van der Waals surface area contributed by atoms with Crippen molar-refractivity contribution < 1.29 is 4.74 Å². The maximum absolute atomic E-state index is 6.17. The zero-order chi connectivity index (χ0) is 15.7. The van der Waals surface area contributed by atoms with Gasteiger partial charge in [-0.2, -0.15) is 0 Å². The molecular formula is C17H29N3O. The number of nitrogens with one attached hydrogen (secondary N) is 1. The Labute approximate surface area is 128 Å². The van der Waals surface area contributed by atoms with Crippen molar-refractivity contribution in [2.24, 2.45) is 0 Å². The maximum Gasteiger partial charge on any atom is 0.133 e. The lowest BCUT2D eigenvalue weighted by molar-refractivity contribution is -0.133. The third kappa shape index (κ3) is 4.42. The minimum absolute atomic E-state index is 0.165. The first kappa shape index (κ1) is 16.2. The Bertz CT molecular complexity index is 467. The molecule has 0 atom stereocenters. The number of anilines is 1. The topological polar surface area (TPSA) is 37.4 Å². The second-order valence-corrected chi connectivity index (χ2v) is 7.50. The van der Waals surface area contributed by atoms with Gasteiger partial charge in [0.2, 0.25) is 0 Å². The molecule has 118 valence electrons. The molecule has 1 saturated heterocycles. The first-order valence-electron chi connectivity index (χ1n) is 7.81. The maximum atomic E-state index is 6.17. The Kier molecular flexibility index (Phi) is 4.59. The van der Waals surface area contributed by atoms with Crippen LogP contribution in [-0.4, -0.2) is 35.3 Å². The molecule has 1 aliphatic rings. The summed E-state index contributed by atoms with van der Waals surface area (Å²) in [4.78, 5) is 7.00. The van der Waals surface area contributed by atoms with Crippen LogP contribution in [0.15, 0.2) is 18.3 Å². The van der Waals surface area contributed by atoms with Crippen LogP contribution >= 0.6 is 0 Å². The van der Waals surface area contributed by atoms with E-state index in [1.54, 1.807) is 0 Å². The molecule has 2 heterocycles. The summed E-state index contributed by atoms with van der Waals surface area (Å²) in [7, 11) is 0. The first-order chi connectivity index (χ1) is 9.69. The largest absolute Gasteiger partial charge is 0.366 e. The van der Waals surface area contributed by atoms with Gasteiger partial charge in [0, 0.05) is 37.4 Å². The van der Waals surface area contributed by atoms with Gasteiger partial charge in [-0.15, -0.1) is 0 Å².